The molecule has 2 aromatic heterocycles. The van der Waals surface area contributed by atoms with Crippen molar-refractivity contribution in [2.75, 3.05) is 19.8 Å². The summed E-state index contributed by atoms with van der Waals surface area (Å²) in [4.78, 5) is 4.28. The minimum absolute atomic E-state index is 0.00849. The summed E-state index contributed by atoms with van der Waals surface area (Å²) in [7, 11) is 0. The van der Waals surface area contributed by atoms with Crippen LogP contribution in [0.4, 0.5) is 0 Å². The van der Waals surface area contributed by atoms with E-state index in [2.05, 4.69) is 25.7 Å². The summed E-state index contributed by atoms with van der Waals surface area (Å²) in [6.07, 6.45) is 1.64. The Morgan fingerprint density at radius 3 is 3.19 bits per heavy atom. The molecule has 16 heavy (non-hydrogen) atoms. The van der Waals surface area contributed by atoms with Gasteiger partial charge in [0.15, 0.2) is 5.82 Å². The standard InChI is InChI=1S/C9H11N5O2/c1-2-11-13-6(1)9-12-8(14-16-9)7-5-15-4-3-10-7/h1-2,7,10H,3-5H2,(H,11,13). The molecule has 2 aromatic rings. The predicted molar refractivity (Wildman–Crippen MR) is 53.4 cm³/mol. The van der Waals surface area contributed by atoms with E-state index in [9.17, 15) is 0 Å². The highest BCUT2D eigenvalue weighted by atomic mass is 16.5. The lowest BCUT2D eigenvalue weighted by Crippen LogP contribution is -2.35. The Morgan fingerprint density at radius 1 is 1.44 bits per heavy atom. The minimum atomic E-state index is 0.00849. The molecule has 1 fully saturated rings. The smallest absolute Gasteiger partial charge is 0.275 e. The zero-order valence-electron chi connectivity index (χ0n) is 8.51. The van der Waals surface area contributed by atoms with E-state index in [0.717, 1.165) is 18.8 Å². The maximum absolute atomic E-state index is 5.33. The molecule has 3 heterocycles. The molecule has 1 unspecified atom stereocenters. The van der Waals surface area contributed by atoms with Gasteiger partial charge in [-0.2, -0.15) is 10.1 Å². The summed E-state index contributed by atoms with van der Waals surface area (Å²) in [6, 6.07) is 1.79. The molecule has 0 aliphatic carbocycles. The summed E-state index contributed by atoms with van der Waals surface area (Å²) in [5.74, 6) is 1.06. The van der Waals surface area contributed by atoms with Crippen LogP contribution >= 0.6 is 0 Å². The summed E-state index contributed by atoms with van der Waals surface area (Å²) in [5.41, 5.74) is 0.718. The van der Waals surface area contributed by atoms with Gasteiger partial charge in [-0.25, -0.2) is 0 Å². The van der Waals surface area contributed by atoms with Crippen LogP contribution in [0.3, 0.4) is 0 Å². The minimum Gasteiger partial charge on any atom is -0.378 e. The number of morpholine rings is 1. The molecule has 2 N–H and O–H groups in total. The van der Waals surface area contributed by atoms with Gasteiger partial charge in [-0.1, -0.05) is 5.16 Å². The highest BCUT2D eigenvalue weighted by Gasteiger charge is 2.21. The van der Waals surface area contributed by atoms with Crippen molar-refractivity contribution in [2.24, 2.45) is 0 Å². The van der Waals surface area contributed by atoms with Crippen LogP contribution in [-0.4, -0.2) is 40.1 Å². The molecule has 7 nitrogen and oxygen atoms in total. The average Bonchev–Trinajstić information content (AvgIpc) is 3.01. The Morgan fingerprint density at radius 2 is 2.44 bits per heavy atom. The quantitative estimate of drug-likeness (QED) is 0.748. The SMILES string of the molecule is c1cc(-c2nc(C3COCCN3)no2)[nH]n1. The van der Waals surface area contributed by atoms with Gasteiger partial charge in [0.1, 0.15) is 5.69 Å². The number of nitrogens with one attached hydrogen (secondary N) is 2. The predicted octanol–water partition coefficient (Wildman–Crippen LogP) is 0.121. The van der Waals surface area contributed by atoms with Crippen molar-refractivity contribution in [2.45, 2.75) is 6.04 Å². The van der Waals surface area contributed by atoms with Gasteiger partial charge < -0.3 is 14.6 Å². The lowest BCUT2D eigenvalue weighted by atomic mass is 10.2. The average molecular weight is 221 g/mol. The van der Waals surface area contributed by atoms with Crippen LogP contribution in [0.1, 0.15) is 11.9 Å². The number of hydrogen-bond donors (Lipinski definition) is 2. The molecular weight excluding hydrogens is 210 g/mol. The summed E-state index contributed by atoms with van der Waals surface area (Å²) >= 11 is 0. The van der Waals surface area contributed by atoms with Crippen molar-refractivity contribution >= 4 is 0 Å². The number of aromatic nitrogens is 4. The fourth-order valence-electron chi connectivity index (χ4n) is 1.59. The molecule has 1 aliphatic heterocycles. The molecule has 0 bridgehead atoms. The number of ether oxygens (including phenoxy) is 1. The van der Waals surface area contributed by atoms with E-state index in [1.165, 1.54) is 0 Å². The van der Waals surface area contributed by atoms with Crippen LogP contribution in [0.5, 0.6) is 0 Å². The molecule has 1 saturated heterocycles. The first-order chi connectivity index (χ1) is 7.93. The number of nitrogens with zero attached hydrogens (tertiary/aromatic N) is 3. The lowest BCUT2D eigenvalue weighted by molar-refractivity contribution is 0.0734. The Kier molecular flexibility index (Phi) is 2.39. The van der Waals surface area contributed by atoms with E-state index >= 15 is 0 Å². The second kappa shape index (κ2) is 4.03. The second-order valence-electron chi connectivity index (χ2n) is 3.51. The van der Waals surface area contributed by atoms with E-state index in [4.69, 9.17) is 9.26 Å². The zero-order valence-corrected chi connectivity index (χ0v) is 8.51. The molecule has 0 saturated carbocycles. The maximum atomic E-state index is 5.33. The Labute approximate surface area is 91.2 Å². The van der Waals surface area contributed by atoms with Crippen molar-refractivity contribution in [1.82, 2.24) is 25.7 Å². The Hall–Kier alpha value is -1.73. The first-order valence-electron chi connectivity index (χ1n) is 5.08. The number of aromatic amines is 1. The van der Waals surface area contributed by atoms with Crippen LogP contribution in [-0.2, 0) is 4.74 Å². The maximum Gasteiger partial charge on any atom is 0.275 e. The molecule has 0 radical (unpaired) electrons. The number of H-pyrrole nitrogens is 1. The van der Waals surface area contributed by atoms with Crippen LogP contribution in [0.2, 0.25) is 0 Å². The molecule has 84 valence electrons. The summed E-state index contributed by atoms with van der Waals surface area (Å²) < 4.78 is 10.5. The fourth-order valence-corrected chi connectivity index (χ4v) is 1.59. The van der Waals surface area contributed by atoms with Crippen molar-refractivity contribution in [3.63, 3.8) is 0 Å². The van der Waals surface area contributed by atoms with Crippen LogP contribution < -0.4 is 5.32 Å². The first-order valence-corrected chi connectivity index (χ1v) is 5.08. The monoisotopic (exact) mass is 221 g/mol. The normalized spacial score (nSPS) is 21.1. The van der Waals surface area contributed by atoms with Crippen molar-refractivity contribution in [1.29, 1.82) is 0 Å². The third kappa shape index (κ3) is 1.70. The van der Waals surface area contributed by atoms with E-state index < -0.39 is 0 Å². The van der Waals surface area contributed by atoms with E-state index in [1.807, 2.05) is 0 Å². The van der Waals surface area contributed by atoms with E-state index in [-0.39, 0.29) is 6.04 Å². The van der Waals surface area contributed by atoms with Crippen molar-refractivity contribution in [3.8, 4) is 11.6 Å². The zero-order chi connectivity index (χ0) is 10.8. The van der Waals surface area contributed by atoms with Crippen molar-refractivity contribution < 1.29 is 9.26 Å². The molecule has 7 heteroatoms. The first kappa shape index (κ1) is 9.49. The number of rotatable bonds is 2. The van der Waals surface area contributed by atoms with Crippen molar-refractivity contribution in [3.05, 3.63) is 18.1 Å². The van der Waals surface area contributed by atoms with Gasteiger partial charge in [-0.15, -0.1) is 0 Å². The van der Waals surface area contributed by atoms with Gasteiger partial charge in [0.05, 0.1) is 19.3 Å². The second-order valence-corrected chi connectivity index (χ2v) is 3.51. The molecule has 1 atom stereocenters. The molecule has 1 aliphatic rings. The number of hydrogen-bond acceptors (Lipinski definition) is 6. The molecule has 0 spiro atoms. The Balaban J connectivity index is 1.82. The molecular formula is C9H11N5O2. The molecule has 0 aromatic carbocycles. The van der Waals surface area contributed by atoms with Gasteiger partial charge >= 0.3 is 0 Å². The van der Waals surface area contributed by atoms with Crippen LogP contribution in [0.15, 0.2) is 16.8 Å². The van der Waals surface area contributed by atoms with Gasteiger partial charge in [0, 0.05) is 12.7 Å². The van der Waals surface area contributed by atoms with Gasteiger partial charge in [0.25, 0.3) is 5.89 Å². The van der Waals surface area contributed by atoms with E-state index in [1.54, 1.807) is 12.3 Å². The fraction of sp³-hybridized carbons (Fsp3) is 0.444. The molecule has 0 amide bonds. The highest BCUT2D eigenvalue weighted by molar-refractivity contribution is 5.44. The topological polar surface area (TPSA) is 88.9 Å². The molecule has 3 rings (SSSR count). The van der Waals surface area contributed by atoms with Gasteiger partial charge in [-0.3, -0.25) is 5.10 Å². The third-order valence-electron chi connectivity index (χ3n) is 2.41. The Bertz CT molecular complexity index is 446. The third-order valence-corrected chi connectivity index (χ3v) is 2.41. The van der Waals surface area contributed by atoms with E-state index in [0.29, 0.717) is 18.3 Å². The van der Waals surface area contributed by atoms with Gasteiger partial charge in [0.2, 0.25) is 0 Å². The summed E-state index contributed by atoms with van der Waals surface area (Å²) in [5, 5.41) is 13.8. The summed E-state index contributed by atoms with van der Waals surface area (Å²) in [6.45, 7) is 2.10. The van der Waals surface area contributed by atoms with Crippen LogP contribution in [0, 0.1) is 0 Å². The van der Waals surface area contributed by atoms with Gasteiger partial charge in [-0.05, 0) is 6.07 Å². The highest BCUT2D eigenvalue weighted by Crippen LogP contribution is 2.17. The largest absolute Gasteiger partial charge is 0.378 e. The lowest BCUT2D eigenvalue weighted by Gasteiger charge is -2.20. The van der Waals surface area contributed by atoms with Crippen LogP contribution in [0.25, 0.3) is 11.6 Å².